The first-order valence-corrected chi connectivity index (χ1v) is 58.0. The maximum absolute atomic E-state index is 11.9. The van der Waals surface area contributed by atoms with Crippen LogP contribution in [-0.2, 0) is 234 Å². The number of ether oxygens (including phenoxy) is 15. The summed E-state index contributed by atoms with van der Waals surface area (Å²) >= 11 is 0. The summed E-state index contributed by atoms with van der Waals surface area (Å²) in [6.07, 6.45) is 2.59. The Hall–Kier alpha value is -10.6. The molecule has 0 saturated carbocycles. The van der Waals surface area contributed by atoms with Crippen LogP contribution in [0.15, 0.2) is 0 Å². The minimum absolute atomic E-state index is 0.0353. The summed E-state index contributed by atoms with van der Waals surface area (Å²) in [5.41, 5.74) is 0. The second-order valence-electron chi connectivity index (χ2n) is 31.2. The third-order valence-electron chi connectivity index (χ3n) is 16.7. The second kappa shape index (κ2) is 86.6. The van der Waals surface area contributed by atoms with Crippen molar-refractivity contribution < 1.29 is 234 Å². The maximum Gasteiger partial charge on any atom is 0.483 e. The van der Waals surface area contributed by atoms with E-state index in [0.29, 0.717) is 0 Å². The van der Waals surface area contributed by atoms with Gasteiger partial charge < -0.3 is 162 Å². The van der Waals surface area contributed by atoms with Crippen LogP contribution in [0.4, 0.5) is 0 Å². The molecular weight excluding hydrogens is 2020 g/mol. The van der Waals surface area contributed by atoms with Gasteiger partial charge in [0.15, 0.2) is 0 Å². The van der Waals surface area contributed by atoms with Crippen LogP contribution in [0.25, 0.3) is 0 Å². The van der Waals surface area contributed by atoms with E-state index in [1.807, 2.05) is 0 Å². The molecule has 0 aromatic rings. The largest absolute Gasteiger partial charge is 0.483 e. The van der Waals surface area contributed by atoms with Gasteiger partial charge in [-0.3, -0.25) is 71.9 Å². The van der Waals surface area contributed by atoms with Crippen LogP contribution in [0.5, 0.6) is 0 Å². The molecule has 1 saturated heterocycles. The topological polar surface area (TPSA) is 658 Å². The molecule has 55 heteroatoms. The minimum atomic E-state index is -4.09. The fourth-order valence-corrected chi connectivity index (χ4v) is 30.4. The molecule has 1 rings (SSSR count). The molecule has 0 aromatic heterocycles. The molecule has 1 aliphatic rings. The van der Waals surface area contributed by atoms with Crippen molar-refractivity contribution in [2.45, 2.75) is 297 Å². The van der Waals surface area contributed by atoms with Crippen molar-refractivity contribution in [3.05, 3.63) is 0 Å². The van der Waals surface area contributed by atoms with Crippen molar-refractivity contribution in [3.8, 4) is 0 Å². The molecule has 0 atom stereocenters. The van der Waals surface area contributed by atoms with Crippen molar-refractivity contribution >= 4 is 191 Å². The fraction of sp³-hybridized carbons (Fsp3) is 0.722. The SMILES string of the molecule is CC(=O)CCC(=O)OCCOC(=O)CCC(C)=O.CC(=O)CCC(=O)OCCOC(=O)CCC(C)=O.CC(=O)CCC(=O)OCCOC(=O)CCC(C)=O.CC(=O)CCC(=O)OCCOC(=O)CCC(C)=O.CC(=O)CCC(=O)OCCOC(=O)CCC(C)=O.CCC(=O)OCCO[Si]1(C)O[Si](C)(OCCOC(=O)CC)O[Si](C)(OCCOC(=O)CC)O[Si](C)(OCCOC(=O)CC)O[Si](C)(OCCOC(=O)CC)O1. The van der Waals surface area contributed by atoms with E-state index in [9.17, 15) is 120 Å². The van der Waals surface area contributed by atoms with Crippen LogP contribution in [0.1, 0.15) is 264 Å². The zero-order valence-electron chi connectivity index (χ0n) is 87.2. The van der Waals surface area contributed by atoms with E-state index in [4.69, 9.17) is 114 Å². The van der Waals surface area contributed by atoms with Crippen LogP contribution >= 0.6 is 0 Å². The molecule has 0 N–H and O–H groups in total. The predicted molar refractivity (Wildman–Crippen MR) is 508 cm³/mol. The summed E-state index contributed by atoms with van der Waals surface area (Å²) in [5, 5.41) is 0. The molecule has 1 fully saturated rings. The molecular formula is C90H150O50Si5. The summed E-state index contributed by atoms with van der Waals surface area (Å²) in [6, 6.07) is 0. The van der Waals surface area contributed by atoms with Gasteiger partial charge in [-0.15, -0.1) is 0 Å². The third-order valence-corrected chi connectivity index (χ3v) is 35.2. The first-order chi connectivity index (χ1) is 67.9. The zero-order chi connectivity index (χ0) is 111. The van der Waals surface area contributed by atoms with Gasteiger partial charge in [0.05, 0.1) is 97.2 Å². The molecule has 0 aromatic carbocycles. The molecule has 1 heterocycles. The van der Waals surface area contributed by atoms with E-state index < -0.39 is 134 Å². The second-order valence-corrected chi connectivity index (χ2v) is 45.3. The van der Waals surface area contributed by atoms with Crippen molar-refractivity contribution in [2.75, 3.05) is 132 Å². The average molecular weight is 2170 g/mol. The Morgan fingerprint density at radius 1 is 0.138 bits per heavy atom. The molecule has 0 aliphatic carbocycles. The molecule has 0 spiro atoms. The van der Waals surface area contributed by atoms with Gasteiger partial charge in [-0.1, -0.05) is 34.6 Å². The van der Waals surface area contributed by atoms with Gasteiger partial charge in [0.1, 0.15) is 157 Å². The first-order valence-electron chi connectivity index (χ1n) is 46.9. The summed E-state index contributed by atoms with van der Waals surface area (Å²) < 4.78 is 137. The van der Waals surface area contributed by atoms with Crippen molar-refractivity contribution in [2.24, 2.45) is 0 Å². The number of Topliss-reactive ketones (excluding diaryl/α,β-unsaturated/α-hetero) is 10. The number of carbonyl (C=O) groups is 25. The van der Waals surface area contributed by atoms with E-state index in [1.165, 1.54) is 102 Å². The number of hydrogen-bond acceptors (Lipinski definition) is 50. The molecule has 1 aliphatic heterocycles. The minimum Gasteiger partial charge on any atom is -0.463 e. The quantitative estimate of drug-likeness (QED) is 0.0260. The third kappa shape index (κ3) is 96.6. The van der Waals surface area contributed by atoms with Gasteiger partial charge in [-0.2, -0.15) is 0 Å². The Morgan fingerprint density at radius 3 is 0.303 bits per heavy atom. The molecule has 50 nitrogen and oxygen atoms in total. The molecule has 0 bridgehead atoms. The lowest BCUT2D eigenvalue weighted by Crippen LogP contribution is -2.70. The summed E-state index contributed by atoms with van der Waals surface area (Å²) in [4.78, 5) is 276. The molecule has 830 valence electrons. The van der Waals surface area contributed by atoms with Crippen LogP contribution in [0, 0.1) is 0 Å². The highest BCUT2D eigenvalue weighted by atomic mass is 28.6. The highest BCUT2D eigenvalue weighted by molar-refractivity contribution is 6.88. The van der Waals surface area contributed by atoms with Gasteiger partial charge in [0.2, 0.25) is 0 Å². The van der Waals surface area contributed by atoms with Gasteiger partial charge >= 0.3 is 134 Å². The monoisotopic (exact) mass is 2170 g/mol. The summed E-state index contributed by atoms with van der Waals surface area (Å²) in [5.74, 6) is -8.02. The Kier molecular flexibility index (Phi) is 85.3. The number of esters is 15. The van der Waals surface area contributed by atoms with E-state index in [1.54, 1.807) is 34.6 Å². The van der Waals surface area contributed by atoms with Gasteiger partial charge in [-0.25, -0.2) is 0 Å². The normalized spacial score (nSPS) is 16.3. The Balaban J connectivity index is -0.000000598. The van der Waals surface area contributed by atoms with Crippen LogP contribution in [0.3, 0.4) is 0 Å². The maximum atomic E-state index is 11.9. The van der Waals surface area contributed by atoms with Crippen LogP contribution in [0.2, 0.25) is 32.7 Å². The lowest BCUT2D eigenvalue weighted by molar-refractivity contribution is -0.152. The average Bonchev–Trinajstić information content (AvgIpc) is 0.764. The fourth-order valence-electron chi connectivity index (χ4n) is 9.56. The molecule has 145 heavy (non-hydrogen) atoms. The highest BCUT2D eigenvalue weighted by Crippen LogP contribution is 2.34. The summed E-state index contributed by atoms with van der Waals surface area (Å²) in [7, 11) is -20.4. The predicted octanol–water partition coefficient (Wildman–Crippen LogP) is 6.83. The van der Waals surface area contributed by atoms with E-state index in [0.717, 1.165) is 0 Å². The summed E-state index contributed by atoms with van der Waals surface area (Å²) in [6.45, 7) is 27.8. The lowest BCUT2D eigenvalue weighted by Gasteiger charge is -2.46. The first kappa shape index (κ1) is 143. The standard InChI is InChI=1S/C30H60O20Si5.5C12H18O6/c1-11-26(31)36-16-21-41-51(6)46-52(7,42-22-17-37-27(32)12-2)48-54(9,44-24-19-39-29(34)14-4)50-55(10,45-25-20-40-30(35)15-5)49-53(8,47-51)43-23-18-38-28(33)13-3;5*1-9(13)3-5-11(15)17-7-8-18-12(16)6-4-10(2)14/h11-25H2,1-10H3;5*3-8H2,1-2H3. The Bertz CT molecular complexity index is 3290. The van der Waals surface area contributed by atoms with Crippen molar-refractivity contribution in [3.63, 3.8) is 0 Å². The van der Waals surface area contributed by atoms with Crippen molar-refractivity contribution in [1.29, 1.82) is 0 Å². The van der Waals surface area contributed by atoms with Crippen LogP contribution < -0.4 is 0 Å². The highest BCUT2D eigenvalue weighted by Gasteiger charge is 2.63. The van der Waals surface area contributed by atoms with E-state index in [-0.39, 0.29) is 350 Å². The number of ketones is 10. The van der Waals surface area contributed by atoms with E-state index >= 15 is 0 Å². The van der Waals surface area contributed by atoms with Crippen LogP contribution in [-0.4, -0.2) is 324 Å². The number of hydrogen-bond donors (Lipinski definition) is 0. The van der Waals surface area contributed by atoms with Gasteiger partial charge in [-0.05, 0) is 69.2 Å². The lowest BCUT2D eigenvalue weighted by atomic mass is 10.2. The smallest absolute Gasteiger partial charge is 0.463 e. The molecule has 0 radical (unpaired) electrons. The van der Waals surface area contributed by atoms with E-state index in [2.05, 4.69) is 0 Å². The van der Waals surface area contributed by atoms with Gasteiger partial charge in [0, 0.05) is 129 Å². The molecule has 0 amide bonds. The Morgan fingerprint density at radius 2 is 0.221 bits per heavy atom. The number of carbonyl (C=O) groups excluding carboxylic acids is 25. The van der Waals surface area contributed by atoms with Crippen molar-refractivity contribution in [1.82, 2.24) is 0 Å². The number of rotatable bonds is 70. The molecule has 0 unspecified atom stereocenters. The Labute approximate surface area is 850 Å². The zero-order valence-corrected chi connectivity index (χ0v) is 92.2. The van der Waals surface area contributed by atoms with Gasteiger partial charge in [0.25, 0.3) is 0 Å².